The smallest absolute Gasteiger partial charge is 0.269 e. The second-order valence-electron chi connectivity index (χ2n) is 6.35. The van der Waals surface area contributed by atoms with E-state index >= 15 is 0 Å². The summed E-state index contributed by atoms with van der Waals surface area (Å²) < 4.78 is 20.7. The van der Waals surface area contributed by atoms with Crippen molar-refractivity contribution in [1.29, 1.82) is 0 Å². The zero-order valence-corrected chi connectivity index (χ0v) is 16.9. The largest absolute Gasteiger partial charge is 0.493 e. The van der Waals surface area contributed by atoms with Crippen LogP contribution in [0.3, 0.4) is 0 Å². The summed E-state index contributed by atoms with van der Waals surface area (Å²) in [4.78, 5) is 37.8. The lowest BCUT2D eigenvalue weighted by atomic mass is 10.1. The lowest BCUT2D eigenvalue weighted by Crippen LogP contribution is -2.44. The molecule has 3 amide bonds. The lowest BCUT2D eigenvalue weighted by molar-refractivity contribution is -0.139. The van der Waals surface area contributed by atoms with Crippen LogP contribution in [0, 0.1) is 0 Å². The first-order chi connectivity index (χ1) is 14.0. The van der Waals surface area contributed by atoms with Crippen LogP contribution in [0.2, 0.25) is 0 Å². The molecule has 0 unspecified atom stereocenters. The van der Waals surface area contributed by atoms with Gasteiger partial charge in [0, 0.05) is 18.7 Å². The van der Waals surface area contributed by atoms with Crippen LogP contribution in [0.25, 0.3) is 0 Å². The molecule has 1 aromatic rings. The monoisotopic (exact) mass is 409 g/mol. The summed E-state index contributed by atoms with van der Waals surface area (Å²) >= 11 is 0. The maximum atomic E-state index is 12.3. The first kappa shape index (κ1) is 22.3. The number of hydrogen-bond acceptors (Lipinski definition) is 7. The van der Waals surface area contributed by atoms with E-state index in [1.807, 2.05) is 0 Å². The quantitative estimate of drug-likeness (QED) is 0.601. The molecular weight excluding hydrogens is 382 g/mol. The first-order valence-corrected chi connectivity index (χ1v) is 9.24. The van der Waals surface area contributed by atoms with E-state index in [-0.39, 0.29) is 24.7 Å². The van der Waals surface area contributed by atoms with Gasteiger partial charge in [-0.05, 0) is 31.4 Å². The molecule has 10 nitrogen and oxygen atoms in total. The highest BCUT2D eigenvalue weighted by Crippen LogP contribution is 2.38. The van der Waals surface area contributed by atoms with Gasteiger partial charge >= 0.3 is 0 Å². The van der Waals surface area contributed by atoms with Crippen molar-refractivity contribution in [3.63, 3.8) is 0 Å². The third-order valence-corrected chi connectivity index (χ3v) is 4.41. The standard InChI is InChI=1S/C19H27N3O7/c1-26-14-9-13(10-15(27-2)18(14)28-3)19(25)21-20-16(23)11-29-12-17(24)22-7-5-4-6-8-22/h9-10H,4-8,11-12H2,1-3H3,(H,20,23)(H,21,25). The van der Waals surface area contributed by atoms with E-state index in [1.165, 1.54) is 33.5 Å². The van der Waals surface area contributed by atoms with E-state index < -0.39 is 11.8 Å². The third kappa shape index (κ3) is 6.24. The molecule has 1 aliphatic rings. The van der Waals surface area contributed by atoms with Crippen LogP contribution in [0.4, 0.5) is 0 Å². The van der Waals surface area contributed by atoms with Gasteiger partial charge < -0.3 is 23.8 Å². The number of likely N-dealkylation sites (tertiary alicyclic amines) is 1. The van der Waals surface area contributed by atoms with E-state index in [9.17, 15) is 14.4 Å². The predicted molar refractivity (Wildman–Crippen MR) is 103 cm³/mol. The van der Waals surface area contributed by atoms with Crippen molar-refractivity contribution in [2.24, 2.45) is 0 Å². The van der Waals surface area contributed by atoms with Gasteiger partial charge in [0.15, 0.2) is 11.5 Å². The van der Waals surface area contributed by atoms with Gasteiger partial charge in [0.25, 0.3) is 11.8 Å². The Balaban J connectivity index is 1.80. The van der Waals surface area contributed by atoms with Gasteiger partial charge in [-0.25, -0.2) is 0 Å². The minimum Gasteiger partial charge on any atom is -0.493 e. The number of nitrogens with one attached hydrogen (secondary N) is 2. The van der Waals surface area contributed by atoms with Gasteiger partial charge in [-0.3, -0.25) is 25.2 Å². The molecule has 0 bridgehead atoms. The number of methoxy groups -OCH3 is 3. The molecule has 0 spiro atoms. The Morgan fingerprint density at radius 3 is 2.07 bits per heavy atom. The normalized spacial score (nSPS) is 13.4. The Hall–Kier alpha value is -3.01. The number of carbonyl (C=O) groups excluding carboxylic acids is 3. The Labute approximate surface area is 169 Å². The van der Waals surface area contributed by atoms with E-state index in [0.717, 1.165) is 32.4 Å². The number of amides is 3. The fraction of sp³-hybridized carbons (Fsp3) is 0.526. The molecule has 160 valence electrons. The number of hydrazine groups is 1. The van der Waals surface area contributed by atoms with Gasteiger partial charge in [-0.2, -0.15) is 0 Å². The second-order valence-corrected chi connectivity index (χ2v) is 6.35. The van der Waals surface area contributed by atoms with Crippen molar-refractivity contribution < 1.29 is 33.3 Å². The highest BCUT2D eigenvalue weighted by molar-refractivity contribution is 5.96. The molecule has 0 aliphatic carbocycles. The van der Waals surface area contributed by atoms with Gasteiger partial charge in [0.1, 0.15) is 13.2 Å². The molecule has 2 N–H and O–H groups in total. The van der Waals surface area contributed by atoms with Gasteiger partial charge in [0.2, 0.25) is 11.7 Å². The van der Waals surface area contributed by atoms with Crippen molar-refractivity contribution in [2.75, 3.05) is 47.6 Å². The Kier molecular flexibility index (Phi) is 8.53. The van der Waals surface area contributed by atoms with Crippen molar-refractivity contribution >= 4 is 17.7 Å². The van der Waals surface area contributed by atoms with Crippen LogP contribution < -0.4 is 25.1 Å². The molecule has 0 atom stereocenters. The van der Waals surface area contributed by atoms with Crippen LogP contribution in [0.5, 0.6) is 17.2 Å². The zero-order chi connectivity index (χ0) is 21.2. The number of piperidine rings is 1. The minimum atomic E-state index is -0.586. The molecule has 1 aliphatic heterocycles. The molecule has 0 radical (unpaired) electrons. The maximum Gasteiger partial charge on any atom is 0.269 e. The lowest BCUT2D eigenvalue weighted by Gasteiger charge is -2.26. The number of hydrogen-bond donors (Lipinski definition) is 2. The summed E-state index contributed by atoms with van der Waals surface area (Å²) in [6.07, 6.45) is 3.09. The van der Waals surface area contributed by atoms with Crippen LogP contribution in [0.15, 0.2) is 12.1 Å². The Bertz CT molecular complexity index is 708. The zero-order valence-electron chi connectivity index (χ0n) is 16.9. The molecule has 29 heavy (non-hydrogen) atoms. The summed E-state index contributed by atoms with van der Waals surface area (Å²) in [5.41, 5.74) is 4.71. The van der Waals surface area contributed by atoms with E-state index in [0.29, 0.717) is 17.2 Å². The minimum absolute atomic E-state index is 0.140. The van der Waals surface area contributed by atoms with Crippen LogP contribution in [0.1, 0.15) is 29.6 Å². The van der Waals surface area contributed by atoms with Crippen molar-refractivity contribution in [3.8, 4) is 17.2 Å². The maximum absolute atomic E-state index is 12.3. The van der Waals surface area contributed by atoms with Crippen LogP contribution in [-0.4, -0.2) is 70.3 Å². The van der Waals surface area contributed by atoms with Gasteiger partial charge in [-0.1, -0.05) is 0 Å². The SMILES string of the molecule is COc1cc(C(=O)NNC(=O)COCC(=O)N2CCCCC2)cc(OC)c1OC. The van der Waals surface area contributed by atoms with E-state index in [2.05, 4.69) is 10.9 Å². The molecule has 2 rings (SSSR count). The number of rotatable bonds is 8. The molecule has 1 fully saturated rings. The third-order valence-electron chi connectivity index (χ3n) is 4.41. The van der Waals surface area contributed by atoms with Gasteiger partial charge in [0.05, 0.1) is 21.3 Å². The summed E-state index contributed by atoms with van der Waals surface area (Å²) in [6, 6.07) is 2.91. The average Bonchev–Trinajstić information content (AvgIpc) is 2.76. The van der Waals surface area contributed by atoms with Crippen LogP contribution >= 0.6 is 0 Å². The van der Waals surface area contributed by atoms with Crippen molar-refractivity contribution in [2.45, 2.75) is 19.3 Å². The molecule has 1 heterocycles. The highest BCUT2D eigenvalue weighted by Gasteiger charge is 2.18. The molecule has 1 saturated heterocycles. The first-order valence-electron chi connectivity index (χ1n) is 9.24. The number of benzene rings is 1. The fourth-order valence-corrected chi connectivity index (χ4v) is 2.91. The van der Waals surface area contributed by atoms with E-state index in [4.69, 9.17) is 18.9 Å². The Morgan fingerprint density at radius 1 is 0.897 bits per heavy atom. The summed E-state index contributed by atoms with van der Waals surface area (Å²) in [6.45, 7) is 0.918. The predicted octanol–water partition coefficient (Wildman–Crippen LogP) is 0.503. The number of ether oxygens (including phenoxy) is 4. The number of nitrogens with zero attached hydrogens (tertiary/aromatic N) is 1. The highest BCUT2D eigenvalue weighted by atomic mass is 16.5. The summed E-state index contributed by atoms with van der Waals surface area (Å²) in [5, 5.41) is 0. The topological polar surface area (TPSA) is 115 Å². The van der Waals surface area contributed by atoms with Gasteiger partial charge in [-0.15, -0.1) is 0 Å². The Morgan fingerprint density at radius 2 is 1.52 bits per heavy atom. The van der Waals surface area contributed by atoms with E-state index in [1.54, 1.807) is 4.90 Å². The average molecular weight is 409 g/mol. The molecule has 0 aromatic heterocycles. The van der Waals surface area contributed by atoms with Crippen LogP contribution in [-0.2, 0) is 14.3 Å². The van der Waals surface area contributed by atoms with Crippen molar-refractivity contribution in [1.82, 2.24) is 15.8 Å². The summed E-state index contributed by atoms with van der Waals surface area (Å²) in [7, 11) is 4.32. The molecule has 1 aromatic carbocycles. The summed E-state index contributed by atoms with van der Waals surface area (Å²) in [5.74, 6) is -0.341. The van der Waals surface area contributed by atoms with Crippen molar-refractivity contribution in [3.05, 3.63) is 17.7 Å². The molecule has 0 saturated carbocycles. The fourth-order valence-electron chi connectivity index (χ4n) is 2.91. The molecule has 10 heteroatoms. The molecular formula is C19H27N3O7. The number of carbonyl (C=O) groups is 3. The second kappa shape index (κ2) is 11.1.